The molecule has 6 heteroatoms. The minimum Gasteiger partial charge on any atom is -0.356 e. The van der Waals surface area contributed by atoms with Gasteiger partial charge in [0.15, 0.2) is 5.96 Å². The molecule has 2 N–H and O–H groups in total. The SMILES string of the molecule is CN=C(NCCCC(=O)N1Cc2ccccc2C1)NC(C)c1ccccc1C.I. The summed E-state index contributed by atoms with van der Waals surface area (Å²) in [5, 5.41) is 6.74. The highest BCUT2D eigenvalue weighted by Crippen LogP contribution is 2.22. The minimum atomic E-state index is 0. The predicted molar refractivity (Wildman–Crippen MR) is 129 cm³/mol. The van der Waals surface area contributed by atoms with Crippen LogP contribution in [0.3, 0.4) is 0 Å². The molecule has 0 aromatic heterocycles. The van der Waals surface area contributed by atoms with Gasteiger partial charge in [0.05, 0.1) is 6.04 Å². The molecule has 0 spiro atoms. The van der Waals surface area contributed by atoms with E-state index in [1.807, 2.05) is 17.0 Å². The summed E-state index contributed by atoms with van der Waals surface area (Å²) in [5.41, 5.74) is 5.05. The average Bonchev–Trinajstić information content (AvgIpc) is 3.14. The van der Waals surface area contributed by atoms with Crippen molar-refractivity contribution < 1.29 is 4.79 Å². The Bertz CT molecular complexity index is 827. The summed E-state index contributed by atoms with van der Waals surface area (Å²) in [7, 11) is 1.77. The summed E-state index contributed by atoms with van der Waals surface area (Å²) in [6.45, 7) is 6.43. The smallest absolute Gasteiger partial charge is 0.223 e. The lowest BCUT2D eigenvalue weighted by molar-refractivity contribution is -0.131. The van der Waals surface area contributed by atoms with E-state index in [4.69, 9.17) is 0 Å². The normalized spacial score (nSPS) is 14.0. The number of benzene rings is 2. The van der Waals surface area contributed by atoms with Crippen molar-refractivity contribution in [3.63, 3.8) is 0 Å². The number of aliphatic imine (C=N–C) groups is 1. The number of hydrogen-bond donors (Lipinski definition) is 2. The average molecular weight is 506 g/mol. The summed E-state index contributed by atoms with van der Waals surface area (Å²) in [5.74, 6) is 0.978. The van der Waals surface area contributed by atoms with E-state index in [1.165, 1.54) is 22.3 Å². The van der Waals surface area contributed by atoms with Gasteiger partial charge in [-0.1, -0.05) is 48.5 Å². The van der Waals surface area contributed by atoms with Crippen molar-refractivity contribution in [1.29, 1.82) is 0 Å². The number of fused-ring (bicyclic) bond motifs is 1. The summed E-state index contributed by atoms with van der Waals surface area (Å²) in [4.78, 5) is 18.7. The molecule has 2 aromatic carbocycles. The van der Waals surface area contributed by atoms with Crippen LogP contribution in [-0.4, -0.2) is 30.4 Å². The molecule has 1 aliphatic rings. The van der Waals surface area contributed by atoms with Gasteiger partial charge >= 0.3 is 0 Å². The van der Waals surface area contributed by atoms with E-state index in [2.05, 4.69) is 65.9 Å². The molecule has 0 bridgehead atoms. The fraction of sp³-hybridized carbons (Fsp3) is 0.391. The van der Waals surface area contributed by atoms with Gasteiger partial charge in [-0.3, -0.25) is 9.79 Å². The first-order valence-corrected chi connectivity index (χ1v) is 9.95. The van der Waals surface area contributed by atoms with Crippen LogP contribution in [0.2, 0.25) is 0 Å². The molecule has 1 unspecified atom stereocenters. The van der Waals surface area contributed by atoms with E-state index in [0.717, 1.165) is 25.5 Å². The van der Waals surface area contributed by atoms with E-state index in [-0.39, 0.29) is 35.9 Å². The monoisotopic (exact) mass is 506 g/mol. The lowest BCUT2D eigenvalue weighted by atomic mass is 10.0. The van der Waals surface area contributed by atoms with E-state index < -0.39 is 0 Å². The number of amides is 1. The van der Waals surface area contributed by atoms with Crippen molar-refractivity contribution in [2.45, 2.75) is 45.8 Å². The van der Waals surface area contributed by atoms with E-state index >= 15 is 0 Å². The number of guanidine groups is 1. The van der Waals surface area contributed by atoms with Gasteiger partial charge in [-0.2, -0.15) is 0 Å². The fourth-order valence-corrected chi connectivity index (χ4v) is 3.66. The number of hydrogen-bond acceptors (Lipinski definition) is 2. The third kappa shape index (κ3) is 6.19. The summed E-state index contributed by atoms with van der Waals surface area (Å²) >= 11 is 0. The third-order valence-electron chi connectivity index (χ3n) is 5.29. The van der Waals surface area contributed by atoms with E-state index in [0.29, 0.717) is 13.0 Å². The fourth-order valence-electron chi connectivity index (χ4n) is 3.66. The molecule has 0 saturated heterocycles. The highest BCUT2D eigenvalue weighted by Gasteiger charge is 2.22. The Morgan fingerprint density at radius 2 is 1.72 bits per heavy atom. The van der Waals surface area contributed by atoms with Gasteiger partial charge in [-0.15, -0.1) is 24.0 Å². The van der Waals surface area contributed by atoms with Gasteiger partial charge in [0.25, 0.3) is 0 Å². The third-order valence-corrected chi connectivity index (χ3v) is 5.29. The van der Waals surface area contributed by atoms with Crippen LogP contribution in [-0.2, 0) is 17.9 Å². The first kappa shape index (κ1) is 23.2. The molecule has 156 valence electrons. The molecule has 0 saturated carbocycles. The minimum absolute atomic E-state index is 0. The second-order valence-electron chi connectivity index (χ2n) is 7.34. The largest absolute Gasteiger partial charge is 0.356 e. The van der Waals surface area contributed by atoms with Crippen LogP contribution in [0.25, 0.3) is 0 Å². The number of carbonyl (C=O) groups excluding carboxylic acids is 1. The molecule has 1 heterocycles. The van der Waals surface area contributed by atoms with E-state index in [1.54, 1.807) is 7.05 Å². The molecule has 1 amide bonds. The maximum absolute atomic E-state index is 12.5. The molecule has 29 heavy (non-hydrogen) atoms. The van der Waals surface area contributed by atoms with Gasteiger partial charge in [-0.25, -0.2) is 0 Å². The number of carbonyl (C=O) groups is 1. The number of rotatable bonds is 6. The summed E-state index contributed by atoms with van der Waals surface area (Å²) in [6.07, 6.45) is 1.33. The summed E-state index contributed by atoms with van der Waals surface area (Å²) < 4.78 is 0. The molecule has 0 fully saturated rings. The van der Waals surface area contributed by atoms with Gasteiger partial charge in [0.1, 0.15) is 0 Å². The van der Waals surface area contributed by atoms with Crippen molar-refractivity contribution >= 4 is 35.8 Å². The number of aryl methyl sites for hydroxylation is 1. The second kappa shape index (κ2) is 11.2. The molecule has 1 aliphatic heterocycles. The standard InChI is InChI=1S/C23H30N4O.HI/c1-17-9-4-7-12-21(17)18(2)26-23(24-3)25-14-8-13-22(28)27-15-19-10-5-6-11-20(19)16-27;/h4-7,9-12,18H,8,13-16H2,1-3H3,(H2,24,25,26);1H. The van der Waals surface area contributed by atoms with E-state index in [9.17, 15) is 4.79 Å². The molecule has 0 radical (unpaired) electrons. The maximum atomic E-state index is 12.5. The van der Waals surface area contributed by atoms with Crippen molar-refractivity contribution in [3.8, 4) is 0 Å². The van der Waals surface area contributed by atoms with Crippen LogP contribution in [0.5, 0.6) is 0 Å². The molecular formula is C23H31IN4O. The zero-order chi connectivity index (χ0) is 19.9. The topological polar surface area (TPSA) is 56.7 Å². The maximum Gasteiger partial charge on any atom is 0.223 e. The molecule has 0 aliphatic carbocycles. The quantitative estimate of drug-likeness (QED) is 0.268. The molecule has 5 nitrogen and oxygen atoms in total. The van der Waals surface area contributed by atoms with Crippen LogP contribution in [0, 0.1) is 6.92 Å². The number of nitrogens with zero attached hydrogens (tertiary/aromatic N) is 2. The highest BCUT2D eigenvalue weighted by atomic mass is 127. The second-order valence-corrected chi connectivity index (χ2v) is 7.34. The van der Waals surface area contributed by atoms with Crippen LogP contribution in [0.15, 0.2) is 53.5 Å². The van der Waals surface area contributed by atoms with Crippen molar-refractivity contribution in [1.82, 2.24) is 15.5 Å². The van der Waals surface area contributed by atoms with Crippen LogP contribution < -0.4 is 10.6 Å². The van der Waals surface area contributed by atoms with Crippen molar-refractivity contribution in [2.24, 2.45) is 4.99 Å². The first-order valence-electron chi connectivity index (χ1n) is 9.95. The predicted octanol–water partition coefficient (Wildman–Crippen LogP) is 4.16. The molecular weight excluding hydrogens is 475 g/mol. The van der Waals surface area contributed by atoms with Crippen LogP contribution >= 0.6 is 24.0 Å². The zero-order valence-corrected chi connectivity index (χ0v) is 19.8. The Morgan fingerprint density at radius 1 is 1.10 bits per heavy atom. The summed E-state index contributed by atoms with van der Waals surface area (Å²) in [6, 6.07) is 16.8. The van der Waals surface area contributed by atoms with Crippen LogP contribution in [0.1, 0.15) is 48.1 Å². The van der Waals surface area contributed by atoms with Gasteiger partial charge in [0.2, 0.25) is 5.91 Å². The Hall–Kier alpha value is -2.09. The van der Waals surface area contributed by atoms with Crippen LogP contribution in [0.4, 0.5) is 0 Å². The number of halogens is 1. The Kier molecular flexibility index (Phi) is 8.95. The lowest BCUT2D eigenvalue weighted by Crippen LogP contribution is -2.39. The highest BCUT2D eigenvalue weighted by molar-refractivity contribution is 14.0. The van der Waals surface area contributed by atoms with Gasteiger partial charge in [-0.05, 0) is 42.5 Å². The Morgan fingerprint density at radius 3 is 2.34 bits per heavy atom. The van der Waals surface area contributed by atoms with Crippen molar-refractivity contribution in [3.05, 3.63) is 70.8 Å². The Balaban J connectivity index is 0.00000300. The molecule has 3 rings (SSSR count). The number of nitrogens with one attached hydrogen (secondary N) is 2. The Labute approximate surface area is 191 Å². The molecule has 1 atom stereocenters. The van der Waals surface area contributed by atoms with Crippen molar-refractivity contribution in [2.75, 3.05) is 13.6 Å². The molecule has 2 aromatic rings. The lowest BCUT2D eigenvalue weighted by Gasteiger charge is -2.20. The van der Waals surface area contributed by atoms with Gasteiger partial charge < -0.3 is 15.5 Å². The van der Waals surface area contributed by atoms with Gasteiger partial charge in [0, 0.05) is 33.1 Å². The first-order chi connectivity index (χ1) is 13.6. The zero-order valence-electron chi connectivity index (χ0n) is 17.4.